The zero-order valence-electron chi connectivity index (χ0n) is 32.8. The lowest BCUT2D eigenvalue weighted by molar-refractivity contribution is -0.367. The Morgan fingerprint density at radius 3 is 1.58 bits per heavy atom. The first-order valence-electron chi connectivity index (χ1n) is 20.6. The van der Waals surface area contributed by atoms with E-state index in [1.165, 1.54) is 76.3 Å². The van der Waals surface area contributed by atoms with Crippen LogP contribution >= 0.6 is 0 Å². The number of esters is 1. The van der Waals surface area contributed by atoms with Gasteiger partial charge in [-0.05, 0) is 24.6 Å². The quantitative estimate of drug-likeness (QED) is 0.0423. The number of carboxylic acids is 1. The van der Waals surface area contributed by atoms with E-state index in [1.807, 2.05) is 0 Å². The van der Waals surface area contributed by atoms with Crippen molar-refractivity contribution in [1.29, 1.82) is 0 Å². The molecule has 3 heterocycles. The first kappa shape index (κ1) is 47.2. The summed E-state index contributed by atoms with van der Waals surface area (Å²) in [5, 5.41) is 82.5. The van der Waals surface area contributed by atoms with Crippen molar-refractivity contribution in [2.24, 2.45) is 0 Å². The van der Waals surface area contributed by atoms with Gasteiger partial charge in [-0.3, -0.25) is 4.79 Å². The van der Waals surface area contributed by atoms with Gasteiger partial charge in [0, 0.05) is 6.42 Å². The van der Waals surface area contributed by atoms with E-state index in [-0.39, 0.29) is 23.5 Å². The van der Waals surface area contributed by atoms with Crippen LogP contribution in [0.1, 0.15) is 120 Å². The summed E-state index contributed by atoms with van der Waals surface area (Å²) in [6.07, 6.45) is -1.54. The fraction of sp³-hybridized carbons (Fsp3) is 0.800. The summed E-state index contributed by atoms with van der Waals surface area (Å²) in [5.41, 5.74) is -0.196. The van der Waals surface area contributed by atoms with E-state index >= 15 is 0 Å². The van der Waals surface area contributed by atoms with Crippen molar-refractivity contribution in [3.8, 4) is 11.5 Å². The molecule has 0 radical (unpaired) electrons. The first-order chi connectivity index (χ1) is 27.4. The van der Waals surface area contributed by atoms with Crippen LogP contribution in [-0.4, -0.2) is 146 Å². The van der Waals surface area contributed by atoms with Gasteiger partial charge in [0.05, 0.1) is 25.4 Å². The highest BCUT2D eigenvalue weighted by atomic mass is 16.8. The molecule has 1 aromatic carbocycles. The van der Waals surface area contributed by atoms with Gasteiger partial charge in [-0.25, -0.2) is 4.79 Å². The zero-order valence-corrected chi connectivity index (χ0v) is 32.8. The number of aliphatic hydroxyl groups is 7. The highest BCUT2D eigenvalue weighted by Gasteiger charge is 2.50. The summed E-state index contributed by atoms with van der Waals surface area (Å²) in [5.74, 6) is -2.28. The van der Waals surface area contributed by atoms with Crippen molar-refractivity contribution in [3.63, 3.8) is 0 Å². The molecule has 12 atom stereocenters. The molecule has 0 amide bonds. The van der Waals surface area contributed by atoms with E-state index in [0.717, 1.165) is 31.7 Å². The maximum Gasteiger partial charge on any atom is 0.335 e. The average molecular weight is 817 g/mol. The van der Waals surface area contributed by atoms with Gasteiger partial charge in [0.2, 0.25) is 6.29 Å². The van der Waals surface area contributed by atoms with Crippen LogP contribution in [-0.2, 0) is 28.5 Å². The normalized spacial score (nSPS) is 31.9. The van der Waals surface area contributed by atoms with E-state index in [4.69, 9.17) is 33.2 Å². The van der Waals surface area contributed by atoms with Crippen LogP contribution < -0.4 is 9.47 Å². The summed E-state index contributed by atoms with van der Waals surface area (Å²) in [7, 11) is 0. The van der Waals surface area contributed by atoms with Crippen LogP contribution in [0, 0.1) is 0 Å². The molecule has 0 aromatic heterocycles. The second-order valence-electron chi connectivity index (χ2n) is 15.2. The van der Waals surface area contributed by atoms with Gasteiger partial charge in [0.25, 0.3) is 0 Å². The third-order valence-electron chi connectivity index (χ3n) is 10.5. The van der Waals surface area contributed by atoms with Crippen molar-refractivity contribution in [1.82, 2.24) is 0 Å². The number of carboxylic acid groups (broad SMARTS) is 1. The molecule has 8 N–H and O–H groups in total. The average Bonchev–Trinajstić information content (AvgIpc) is 3.19. The summed E-state index contributed by atoms with van der Waals surface area (Å²) in [6, 6.07) is 3.56. The lowest BCUT2D eigenvalue weighted by Gasteiger charge is -2.45. The van der Waals surface area contributed by atoms with Crippen molar-refractivity contribution in [2.75, 3.05) is 19.8 Å². The molecule has 326 valence electrons. The second kappa shape index (κ2) is 24.5. The van der Waals surface area contributed by atoms with Crippen LogP contribution in [0.5, 0.6) is 11.5 Å². The first-order valence-corrected chi connectivity index (χ1v) is 20.6. The summed E-state index contributed by atoms with van der Waals surface area (Å²) in [6.45, 7) is 0.914. The Morgan fingerprint density at radius 2 is 1.04 bits per heavy atom. The number of aliphatic hydroxyl groups excluding tert-OH is 7. The number of aromatic carboxylic acids is 1. The number of hydrogen-bond donors (Lipinski definition) is 8. The molecule has 3 aliphatic rings. The maximum absolute atomic E-state index is 12.9. The number of unbranched alkanes of at least 4 members (excludes halogenated alkanes) is 14. The lowest BCUT2D eigenvalue weighted by Crippen LogP contribution is -2.63. The Labute approximate surface area is 333 Å². The third-order valence-corrected chi connectivity index (χ3v) is 10.5. The molecular weight excluding hydrogens is 752 g/mol. The van der Waals surface area contributed by atoms with E-state index < -0.39 is 106 Å². The molecule has 57 heavy (non-hydrogen) atoms. The van der Waals surface area contributed by atoms with Gasteiger partial charge >= 0.3 is 11.9 Å². The van der Waals surface area contributed by atoms with Gasteiger partial charge in [0.1, 0.15) is 48.8 Å². The largest absolute Gasteiger partial charge is 0.478 e. The number of carbonyl (C=O) groups is 2. The molecule has 0 spiro atoms. The molecular formula is C40H64O17. The fourth-order valence-electron chi connectivity index (χ4n) is 7.01. The number of benzene rings is 1. The van der Waals surface area contributed by atoms with Crippen LogP contribution in [0.15, 0.2) is 18.2 Å². The number of carbonyl (C=O) groups excluding carboxylic acids is 1. The third kappa shape index (κ3) is 14.6. The minimum absolute atomic E-state index is 0.0789. The summed E-state index contributed by atoms with van der Waals surface area (Å²) >= 11 is 0. The Kier molecular flexibility index (Phi) is 20.3. The number of ether oxygens (including phenoxy) is 7. The minimum atomic E-state index is -1.77. The van der Waals surface area contributed by atoms with E-state index in [0.29, 0.717) is 6.42 Å². The highest BCUT2D eigenvalue weighted by Crippen LogP contribution is 2.34. The summed E-state index contributed by atoms with van der Waals surface area (Å²) < 4.78 is 39.6. The minimum Gasteiger partial charge on any atom is -0.478 e. The van der Waals surface area contributed by atoms with Crippen LogP contribution in [0.25, 0.3) is 0 Å². The fourth-order valence-corrected chi connectivity index (χ4v) is 7.01. The molecule has 3 fully saturated rings. The van der Waals surface area contributed by atoms with Gasteiger partial charge in [-0.15, -0.1) is 0 Å². The number of hydrogen-bond acceptors (Lipinski definition) is 16. The Hall–Kier alpha value is -2.52. The van der Waals surface area contributed by atoms with Crippen LogP contribution in [0.4, 0.5) is 0 Å². The molecule has 17 nitrogen and oxygen atoms in total. The zero-order chi connectivity index (χ0) is 41.3. The smallest absolute Gasteiger partial charge is 0.335 e. The predicted molar refractivity (Wildman–Crippen MR) is 200 cm³/mol. The van der Waals surface area contributed by atoms with Gasteiger partial charge < -0.3 is 74.0 Å². The van der Waals surface area contributed by atoms with Crippen molar-refractivity contribution >= 4 is 11.9 Å². The summed E-state index contributed by atoms with van der Waals surface area (Å²) in [4.78, 5) is 24.7. The molecule has 12 unspecified atom stereocenters. The predicted octanol–water partition coefficient (Wildman–Crippen LogP) is 2.30. The topological polar surface area (TPSA) is 261 Å². The van der Waals surface area contributed by atoms with Crippen LogP contribution in [0.2, 0.25) is 0 Å². The second-order valence-corrected chi connectivity index (χ2v) is 15.2. The molecule has 0 aliphatic carbocycles. The Morgan fingerprint density at radius 1 is 0.579 bits per heavy atom. The van der Waals surface area contributed by atoms with Crippen molar-refractivity contribution in [3.05, 3.63) is 23.8 Å². The van der Waals surface area contributed by atoms with Crippen molar-refractivity contribution < 1.29 is 83.6 Å². The van der Waals surface area contributed by atoms with Crippen LogP contribution in [0.3, 0.4) is 0 Å². The lowest BCUT2D eigenvalue weighted by atomic mass is 10.0. The molecule has 4 rings (SSSR count). The Balaban J connectivity index is 1.31. The van der Waals surface area contributed by atoms with Gasteiger partial charge in [-0.1, -0.05) is 96.8 Å². The SMILES string of the molecule is CCCCCCCCCCCCCCCCCC(=O)Oc1cc(C(=O)O)ccc1OC1OCC(O)C(O)C1OC1OCC(O)C(O)C1OC1OCC(O)C(O)C1O. The number of rotatable bonds is 24. The molecule has 0 bridgehead atoms. The Bertz CT molecular complexity index is 1330. The highest BCUT2D eigenvalue weighted by molar-refractivity contribution is 5.89. The van der Waals surface area contributed by atoms with E-state index in [2.05, 4.69) is 6.92 Å². The van der Waals surface area contributed by atoms with Gasteiger partial charge in [-0.2, -0.15) is 0 Å². The van der Waals surface area contributed by atoms with Crippen molar-refractivity contribution in [2.45, 2.75) is 183 Å². The maximum atomic E-state index is 12.9. The van der Waals surface area contributed by atoms with Gasteiger partial charge in [0.15, 0.2) is 30.2 Å². The molecule has 17 heteroatoms. The molecule has 0 saturated carbocycles. The van der Waals surface area contributed by atoms with E-state index in [9.17, 15) is 50.4 Å². The monoisotopic (exact) mass is 816 g/mol. The molecule has 3 aliphatic heterocycles. The molecule has 1 aromatic rings. The standard InChI is InChI=1S/C40H64O17/c1-2-3-4-5-6-7-8-9-10-11-12-13-14-15-16-17-30(44)54-29-20-24(37(49)50)18-19-28(29)55-39-35(32(46)26(42)22-52-39)57-40-36(33(47)27(43)23-53-40)56-38-34(48)31(45)25(41)21-51-38/h18-20,25-27,31-36,38-43,45-48H,2-17,21-23H2,1H3,(H,49,50). The van der Waals surface area contributed by atoms with E-state index in [1.54, 1.807) is 0 Å². The molecule has 3 saturated heterocycles.